The smallest absolute Gasteiger partial charge is 0.283 e. The summed E-state index contributed by atoms with van der Waals surface area (Å²) in [5.41, 5.74) is 1.10. The van der Waals surface area contributed by atoms with Crippen LogP contribution in [0.1, 0.15) is 30.2 Å². The number of nitrogens with zero attached hydrogens (tertiary/aromatic N) is 3. The number of aromatic nitrogens is 2. The van der Waals surface area contributed by atoms with Crippen LogP contribution in [0.5, 0.6) is 0 Å². The van der Waals surface area contributed by atoms with Gasteiger partial charge in [-0.1, -0.05) is 30.3 Å². The molecule has 7 nitrogen and oxygen atoms in total. The van der Waals surface area contributed by atoms with Crippen LogP contribution < -0.4 is 5.32 Å². The van der Waals surface area contributed by atoms with Crippen LogP contribution in [0, 0.1) is 0 Å². The molecule has 1 aliphatic rings. The topological polar surface area (TPSA) is 84.4 Å². The Hall–Kier alpha value is -2.93. The minimum atomic E-state index is 0.0511. The number of carbonyl (C=O) groups is 1. The van der Waals surface area contributed by atoms with Gasteiger partial charge in [-0.05, 0) is 43.6 Å². The number of hydrogen-bond donors (Lipinski definition) is 1. The maximum atomic E-state index is 12.2. The van der Waals surface area contributed by atoms with Gasteiger partial charge in [-0.2, -0.15) is 0 Å². The first-order valence-corrected chi connectivity index (χ1v) is 9.18. The van der Waals surface area contributed by atoms with Crippen LogP contribution in [0.3, 0.4) is 0 Å². The molecule has 1 N–H and O–H groups in total. The molecule has 1 amide bonds. The van der Waals surface area contributed by atoms with Crippen molar-refractivity contribution in [1.29, 1.82) is 0 Å². The van der Waals surface area contributed by atoms with Gasteiger partial charge in [-0.15, -0.1) is 10.2 Å². The van der Waals surface area contributed by atoms with E-state index in [1.54, 1.807) is 18.4 Å². The zero-order valence-electron chi connectivity index (χ0n) is 15.0. The van der Waals surface area contributed by atoms with E-state index in [0.717, 1.165) is 31.5 Å². The lowest BCUT2D eigenvalue weighted by atomic mass is 9.97. The number of amides is 1. The summed E-state index contributed by atoms with van der Waals surface area (Å²) in [7, 11) is 0. The average Bonchev–Trinajstić information content (AvgIpc) is 3.39. The third-order valence-corrected chi connectivity index (χ3v) is 4.81. The van der Waals surface area contributed by atoms with Crippen molar-refractivity contribution < 1.29 is 13.6 Å². The predicted octanol–water partition coefficient (Wildman–Crippen LogP) is 2.83. The van der Waals surface area contributed by atoms with E-state index in [9.17, 15) is 4.79 Å². The number of piperidine rings is 1. The van der Waals surface area contributed by atoms with Crippen molar-refractivity contribution in [2.24, 2.45) is 0 Å². The lowest BCUT2D eigenvalue weighted by Crippen LogP contribution is -2.41. The fourth-order valence-electron chi connectivity index (χ4n) is 3.29. The highest BCUT2D eigenvalue weighted by atomic mass is 16.4. The van der Waals surface area contributed by atoms with Crippen molar-refractivity contribution in [2.75, 3.05) is 19.6 Å². The van der Waals surface area contributed by atoms with E-state index < -0.39 is 0 Å². The lowest BCUT2D eigenvalue weighted by molar-refractivity contribution is -0.122. The summed E-state index contributed by atoms with van der Waals surface area (Å²) in [6.07, 6.45) is 3.37. The van der Waals surface area contributed by atoms with Crippen molar-refractivity contribution in [2.45, 2.75) is 25.3 Å². The molecule has 1 fully saturated rings. The predicted molar refractivity (Wildman–Crippen MR) is 98.7 cm³/mol. The Balaban J connectivity index is 1.23. The number of hydrogen-bond acceptors (Lipinski definition) is 6. The molecule has 0 atom stereocenters. The van der Waals surface area contributed by atoms with Gasteiger partial charge >= 0.3 is 0 Å². The zero-order chi connectivity index (χ0) is 18.5. The van der Waals surface area contributed by atoms with E-state index in [2.05, 4.69) is 20.4 Å². The molecule has 7 heteroatoms. The molecular formula is C20H22N4O3. The molecule has 0 unspecified atom stereocenters. The van der Waals surface area contributed by atoms with E-state index in [1.165, 1.54) is 0 Å². The molecule has 1 aromatic carbocycles. The van der Waals surface area contributed by atoms with E-state index in [-0.39, 0.29) is 11.8 Å². The van der Waals surface area contributed by atoms with Crippen molar-refractivity contribution in [3.63, 3.8) is 0 Å². The Bertz CT molecular complexity index is 853. The Morgan fingerprint density at radius 2 is 1.93 bits per heavy atom. The molecule has 1 saturated heterocycles. The van der Waals surface area contributed by atoms with Crippen LogP contribution in [0.25, 0.3) is 11.7 Å². The van der Waals surface area contributed by atoms with Crippen molar-refractivity contribution in [1.82, 2.24) is 20.4 Å². The van der Waals surface area contributed by atoms with Gasteiger partial charge in [0.15, 0.2) is 5.76 Å². The van der Waals surface area contributed by atoms with Crippen LogP contribution in [-0.4, -0.2) is 40.6 Å². The molecule has 2 aromatic heterocycles. The Labute approximate surface area is 157 Å². The van der Waals surface area contributed by atoms with Gasteiger partial charge in [0.25, 0.3) is 5.89 Å². The Kier molecular flexibility index (Phi) is 5.29. The molecule has 0 radical (unpaired) electrons. The second-order valence-electron chi connectivity index (χ2n) is 6.74. The Morgan fingerprint density at radius 1 is 1.11 bits per heavy atom. The fraction of sp³-hybridized carbons (Fsp3) is 0.350. The zero-order valence-corrected chi connectivity index (χ0v) is 15.0. The SMILES string of the molecule is O=C(CN1CCC(c2nnc(-c3ccco3)o2)CC1)NCc1ccccc1. The summed E-state index contributed by atoms with van der Waals surface area (Å²) < 4.78 is 11.0. The standard InChI is InChI=1S/C20H22N4O3/c25-18(21-13-15-5-2-1-3-6-15)14-24-10-8-16(9-11-24)19-22-23-20(27-19)17-7-4-12-26-17/h1-7,12,16H,8-11,13-14H2,(H,21,25). The number of furan rings is 1. The van der Waals surface area contributed by atoms with Crippen molar-refractivity contribution in [3.8, 4) is 11.7 Å². The van der Waals surface area contributed by atoms with Gasteiger partial charge in [0.1, 0.15) is 0 Å². The molecule has 0 saturated carbocycles. The summed E-state index contributed by atoms with van der Waals surface area (Å²) in [6, 6.07) is 13.5. The second kappa shape index (κ2) is 8.18. The molecule has 140 valence electrons. The van der Waals surface area contributed by atoms with Gasteiger partial charge in [0, 0.05) is 12.5 Å². The number of nitrogens with one attached hydrogen (secondary N) is 1. The first-order valence-electron chi connectivity index (χ1n) is 9.18. The molecular weight excluding hydrogens is 344 g/mol. The van der Waals surface area contributed by atoms with Gasteiger partial charge in [-0.25, -0.2) is 0 Å². The molecule has 27 heavy (non-hydrogen) atoms. The molecule has 3 aromatic rings. The van der Waals surface area contributed by atoms with E-state index >= 15 is 0 Å². The maximum Gasteiger partial charge on any atom is 0.283 e. The number of carbonyl (C=O) groups excluding carboxylic acids is 1. The molecule has 3 heterocycles. The van der Waals surface area contributed by atoms with Crippen LogP contribution in [0.2, 0.25) is 0 Å². The van der Waals surface area contributed by atoms with Crippen LogP contribution in [-0.2, 0) is 11.3 Å². The fourth-order valence-corrected chi connectivity index (χ4v) is 3.29. The molecule has 0 aliphatic carbocycles. The van der Waals surface area contributed by atoms with Gasteiger partial charge in [0.2, 0.25) is 11.8 Å². The lowest BCUT2D eigenvalue weighted by Gasteiger charge is -2.29. The van der Waals surface area contributed by atoms with Gasteiger partial charge < -0.3 is 14.2 Å². The number of benzene rings is 1. The monoisotopic (exact) mass is 366 g/mol. The quantitative estimate of drug-likeness (QED) is 0.722. The normalized spacial score (nSPS) is 15.7. The second-order valence-corrected chi connectivity index (χ2v) is 6.74. The highest BCUT2D eigenvalue weighted by molar-refractivity contribution is 5.78. The number of likely N-dealkylation sites (tertiary alicyclic amines) is 1. The summed E-state index contributed by atoms with van der Waals surface area (Å²) in [5.74, 6) is 1.92. The minimum Gasteiger partial charge on any atom is -0.459 e. The first-order chi connectivity index (χ1) is 13.3. The summed E-state index contributed by atoms with van der Waals surface area (Å²) in [4.78, 5) is 14.3. The number of rotatable bonds is 6. The maximum absolute atomic E-state index is 12.2. The van der Waals surface area contributed by atoms with E-state index in [1.807, 2.05) is 30.3 Å². The van der Waals surface area contributed by atoms with E-state index in [0.29, 0.717) is 30.6 Å². The first kappa shape index (κ1) is 17.5. The average molecular weight is 366 g/mol. The summed E-state index contributed by atoms with van der Waals surface area (Å²) in [6.45, 7) is 2.65. The van der Waals surface area contributed by atoms with Crippen LogP contribution in [0.15, 0.2) is 57.6 Å². The van der Waals surface area contributed by atoms with Crippen LogP contribution in [0.4, 0.5) is 0 Å². The molecule has 1 aliphatic heterocycles. The largest absolute Gasteiger partial charge is 0.459 e. The molecule has 0 spiro atoms. The van der Waals surface area contributed by atoms with Gasteiger partial charge in [0.05, 0.1) is 12.8 Å². The highest BCUT2D eigenvalue weighted by Gasteiger charge is 2.26. The Morgan fingerprint density at radius 3 is 2.67 bits per heavy atom. The molecule has 0 bridgehead atoms. The third kappa shape index (κ3) is 4.43. The van der Waals surface area contributed by atoms with Crippen molar-refractivity contribution in [3.05, 3.63) is 60.2 Å². The highest BCUT2D eigenvalue weighted by Crippen LogP contribution is 2.29. The third-order valence-electron chi connectivity index (χ3n) is 4.81. The molecule has 4 rings (SSSR count). The van der Waals surface area contributed by atoms with Crippen molar-refractivity contribution >= 4 is 5.91 Å². The van der Waals surface area contributed by atoms with E-state index in [4.69, 9.17) is 8.83 Å². The minimum absolute atomic E-state index is 0.0511. The van der Waals surface area contributed by atoms with Gasteiger partial charge in [-0.3, -0.25) is 9.69 Å². The summed E-state index contributed by atoms with van der Waals surface area (Å²) >= 11 is 0. The summed E-state index contributed by atoms with van der Waals surface area (Å²) in [5, 5.41) is 11.2. The van der Waals surface area contributed by atoms with Crippen LogP contribution >= 0.6 is 0 Å².